The van der Waals surface area contributed by atoms with E-state index >= 15 is 0 Å². The van der Waals surface area contributed by atoms with Crippen molar-refractivity contribution in [1.29, 1.82) is 0 Å². The van der Waals surface area contributed by atoms with Gasteiger partial charge in [0.25, 0.3) is 0 Å². The molecule has 0 spiro atoms. The van der Waals surface area contributed by atoms with Gasteiger partial charge in [0.2, 0.25) is 0 Å². The van der Waals surface area contributed by atoms with Crippen molar-refractivity contribution in [3.05, 3.63) is 0 Å². The Labute approximate surface area is 107 Å². The van der Waals surface area contributed by atoms with Gasteiger partial charge in [0.05, 0.1) is 5.92 Å². The SMILES string of the molecule is CCCC(C)CC(C(=O)O)C(C)CC(C)(C)C. The molecule has 0 heterocycles. The van der Waals surface area contributed by atoms with Crippen molar-refractivity contribution < 1.29 is 9.90 Å². The van der Waals surface area contributed by atoms with Crippen LogP contribution in [0, 0.1) is 23.2 Å². The Morgan fingerprint density at radius 1 is 1.24 bits per heavy atom. The quantitative estimate of drug-likeness (QED) is 0.709. The molecule has 0 aromatic rings. The molecule has 0 fully saturated rings. The van der Waals surface area contributed by atoms with E-state index in [0.29, 0.717) is 5.92 Å². The summed E-state index contributed by atoms with van der Waals surface area (Å²) in [5, 5.41) is 9.36. The van der Waals surface area contributed by atoms with Crippen LogP contribution in [0.15, 0.2) is 0 Å². The molecule has 0 aliphatic carbocycles. The van der Waals surface area contributed by atoms with Crippen LogP contribution >= 0.6 is 0 Å². The first-order chi connectivity index (χ1) is 7.67. The van der Waals surface area contributed by atoms with Crippen molar-refractivity contribution in [1.82, 2.24) is 0 Å². The van der Waals surface area contributed by atoms with Gasteiger partial charge in [-0.1, -0.05) is 54.4 Å². The zero-order chi connectivity index (χ0) is 13.6. The Kier molecular flexibility index (Phi) is 6.81. The summed E-state index contributed by atoms with van der Waals surface area (Å²) in [5.74, 6) is -0.0317. The minimum Gasteiger partial charge on any atom is -0.481 e. The molecule has 1 N–H and O–H groups in total. The Balaban J connectivity index is 4.47. The zero-order valence-electron chi connectivity index (χ0n) is 12.4. The third-order valence-corrected chi connectivity index (χ3v) is 3.38. The van der Waals surface area contributed by atoms with E-state index in [0.717, 1.165) is 25.7 Å². The average molecular weight is 242 g/mol. The smallest absolute Gasteiger partial charge is 0.306 e. The summed E-state index contributed by atoms with van der Waals surface area (Å²) in [6.45, 7) is 12.9. The summed E-state index contributed by atoms with van der Waals surface area (Å²) in [5.41, 5.74) is 0.209. The second kappa shape index (κ2) is 7.03. The molecule has 3 unspecified atom stereocenters. The highest BCUT2D eigenvalue weighted by atomic mass is 16.4. The highest BCUT2D eigenvalue weighted by Gasteiger charge is 2.29. The fourth-order valence-corrected chi connectivity index (χ4v) is 2.73. The monoisotopic (exact) mass is 242 g/mol. The first-order valence-corrected chi connectivity index (χ1v) is 6.90. The van der Waals surface area contributed by atoms with Crippen molar-refractivity contribution in [2.75, 3.05) is 0 Å². The van der Waals surface area contributed by atoms with E-state index in [4.69, 9.17) is 0 Å². The summed E-state index contributed by atoms with van der Waals surface area (Å²) >= 11 is 0. The Hall–Kier alpha value is -0.530. The van der Waals surface area contributed by atoms with Crippen LogP contribution in [0.25, 0.3) is 0 Å². The number of rotatable bonds is 7. The van der Waals surface area contributed by atoms with Gasteiger partial charge < -0.3 is 5.11 Å². The number of hydrogen-bond acceptors (Lipinski definition) is 1. The highest BCUT2D eigenvalue weighted by molar-refractivity contribution is 5.70. The van der Waals surface area contributed by atoms with Gasteiger partial charge >= 0.3 is 5.97 Å². The molecule has 0 radical (unpaired) electrons. The van der Waals surface area contributed by atoms with Crippen molar-refractivity contribution >= 4 is 5.97 Å². The standard InChI is InChI=1S/C15H30O2/c1-7-8-11(2)9-13(14(16)17)12(3)10-15(4,5)6/h11-13H,7-10H2,1-6H3,(H,16,17). The number of aliphatic carboxylic acids is 1. The second-order valence-corrected chi connectivity index (χ2v) is 6.82. The zero-order valence-corrected chi connectivity index (χ0v) is 12.4. The first-order valence-electron chi connectivity index (χ1n) is 6.90. The van der Waals surface area contributed by atoms with Gasteiger partial charge in [-0.15, -0.1) is 0 Å². The molecule has 2 nitrogen and oxygen atoms in total. The van der Waals surface area contributed by atoms with E-state index in [9.17, 15) is 9.90 Å². The summed E-state index contributed by atoms with van der Waals surface area (Å²) < 4.78 is 0. The fourth-order valence-electron chi connectivity index (χ4n) is 2.73. The van der Waals surface area contributed by atoms with Crippen LogP contribution in [0.3, 0.4) is 0 Å². The molecule has 0 aromatic carbocycles. The Bertz CT molecular complexity index is 228. The molecular weight excluding hydrogens is 212 g/mol. The lowest BCUT2D eigenvalue weighted by atomic mass is 9.76. The number of hydrogen-bond donors (Lipinski definition) is 1. The molecule has 0 saturated heterocycles. The Morgan fingerprint density at radius 2 is 1.76 bits per heavy atom. The molecular formula is C15H30O2. The third kappa shape index (κ3) is 7.40. The molecule has 0 aliphatic rings. The van der Waals surface area contributed by atoms with Crippen LogP contribution < -0.4 is 0 Å². The molecule has 17 heavy (non-hydrogen) atoms. The molecule has 0 rings (SSSR count). The summed E-state index contributed by atoms with van der Waals surface area (Å²) in [6, 6.07) is 0. The number of carbonyl (C=O) groups is 1. The van der Waals surface area contributed by atoms with E-state index in [1.54, 1.807) is 0 Å². The number of carboxylic acid groups (broad SMARTS) is 1. The molecule has 3 atom stereocenters. The lowest BCUT2D eigenvalue weighted by Gasteiger charge is -2.29. The molecule has 2 heteroatoms. The van der Waals surface area contributed by atoms with Crippen LogP contribution in [0.4, 0.5) is 0 Å². The van der Waals surface area contributed by atoms with Gasteiger partial charge in [-0.25, -0.2) is 0 Å². The third-order valence-electron chi connectivity index (χ3n) is 3.38. The predicted octanol–water partition coefficient (Wildman–Crippen LogP) is 4.59. The van der Waals surface area contributed by atoms with E-state index in [1.807, 2.05) is 0 Å². The van der Waals surface area contributed by atoms with Gasteiger partial charge in [0, 0.05) is 0 Å². The highest BCUT2D eigenvalue weighted by Crippen LogP contribution is 2.32. The van der Waals surface area contributed by atoms with Crippen molar-refractivity contribution in [2.45, 2.75) is 67.2 Å². The normalized spacial score (nSPS) is 17.5. The largest absolute Gasteiger partial charge is 0.481 e. The molecule has 0 saturated carbocycles. The average Bonchev–Trinajstić information content (AvgIpc) is 2.11. The summed E-state index contributed by atoms with van der Waals surface area (Å²) in [4.78, 5) is 11.4. The van der Waals surface area contributed by atoms with Gasteiger partial charge in [-0.3, -0.25) is 4.79 Å². The van der Waals surface area contributed by atoms with Crippen molar-refractivity contribution in [3.63, 3.8) is 0 Å². The topological polar surface area (TPSA) is 37.3 Å². The van der Waals surface area contributed by atoms with E-state index in [-0.39, 0.29) is 17.3 Å². The van der Waals surface area contributed by atoms with Crippen molar-refractivity contribution in [3.8, 4) is 0 Å². The summed E-state index contributed by atoms with van der Waals surface area (Å²) in [6.07, 6.45) is 4.07. The van der Waals surface area contributed by atoms with Crippen LogP contribution in [-0.4, -0.2) is 11.1 Å². The Morgan fingerprint density at radius 3 is 2.12 bits per heavy atom. The number of carboxylic acids is 1. The maximum atomic E-state index is 11.4. The second-order valence-electron chi connectivity index (χ2n) is 6.82. The fraction of sp³-hybridized carbons (Fsp3) is 0.933. The van der Waals surface area contributed by atoms with E-state index in [2.05, 4.69) is 41.5 Å². The summed E-state index contributed by atoms with van der Waals surface area (Å²) in [7, 11) is 0. The molecule has 0 bridgehead atoms. The van der Waals surface area contributed by atoms with Crippen molar-refractivity contribution in [2.24, 2.45) is 23.2 Å². The minimum absolute atomic E-state index is 0.184. The molecule has 0 aromatic heterocycles. The van der Waals surface area contributed by atoms with Crippen LogP contribution in [0.1, 0.15) is 67.2 Å². The van der Waals surface area contributed by atoms with Crippen LogP contribution in [0.2, 0.25) is 0 Å². The van der Waals surface area contributed by atoms with E-state index < -0.39 is 5.97 Å². The molecule has 0 aliphatic heterocycles. The van der Waals surface area contributed by atoms with Crippen LogP contribution in [0.5, 0.6) is 0 Å². The predicted molar refractivity (Wildman–Crippen MR) is 73.1 cm³/mol. The minimum atomic E-state index is -0.621. The van der Waals surface area contributed by atoms with Gasteiger partial charge in [0.1, 0.15) is 0 Å². The first kappa shape index (κ1) is 16.5. The van der Waals surface area contributed by atoms with E-state index in [1.165, 1.54) is 0 Å². The van der Waals surface area contributed by atoms with Gasteiger partial charge in [-0.05, 0) is 30.1 Å². The lowest BCUT2D eigenvalue weighted by Crippen LogP contribution is -2.27. The molecule has 0 amide bonds. The molecule has 102 valence electrons. The van der Waals surface area contributed by atoms with Crippen LogP contribution in [-0.2, 0) is 4.79 Å². The van der Waals surface area contributed by atoms with Gasteiger partial charge in [-0.2, -0.15) is 0 Å². The lowest BCUT2D eigenvalue weighted by molar-refractivity contribution is -0.144. The van der Waals surface area contributed by atoms with Gasteiger partial charge in [0.15, 0.2) is 0 Å². The maximum absolute atomic E-state index is 11.4. The maximum Gasteiger partial charge on any atom is 0.306 e.